The highest BCUT2D eigenvalue weighted by atomic mass is 127. The van der Waals surface area contributed by atoms with Gasteiger partial charge in [0.05, 0.1) is 35.3 Å². The molecule has 0 bridgehead atoms. The summed E-state index contributed by atoms with van der Waals surface area (Å²) in [4.78, 5) is 21.4. The molecule has 3 atom stereocenters. The summed E-state index contributed by atoms with van der Waals surface area (Å²) in [5.41, 5.74) is 0. The molecule has 1 aliphatic carbocycles. The highest BCUT2D eigenvalue weighted by Gasteiger charge is 2.31. The Labute approximate surface area is 108 Å². The van der Waals surface area contributed by atoms with Crippen molar-refractivity contribution < 1.29 is 24.2 Å². The molecule has 0 heterocycles. The first-order valence-electron chi connectivity index (χ1n) is 5.16. The molecular formula is C10H15IO5. The first-order valence-corrected chi connectivity index (χ1v) is 6.24. The fourth-order valence-corrected chi connectivity index (χ4v) is 2.17. The van der Waals surface area contributed by atoms with Gasteiger partial charge >= 0.3 is 9.95 Å². The highest BCUT2D eigenvalue weighted by molar-refractivity contribution is 14.1. The standard InChI is InChI=1S/C10H15IO5/c1-6(12)15-5-7-2-3-9(8(13)4-7)16-10(11)14/h7-9,13H,2-5H2,1H3. The van der Waals surface area contributed by atoms with Crippen molar-refractivity contribution in [2.75, 3.05) is 6.61 Å². The van der Waals surface area contributed by atoms with Crippen molar-refractivity contribution in [1.29, 1.82) is 0 Å². The van der Waals surface area contributed by atoms with E-state index >= 15 is 0 Å². The second kappa shape index (κ2) is 6.39. The lowest BCUT2D eigenvalue weighted by atomic mass is 9.86. The van der Waals surface area contributed by atoms with Gasteiger partial charge in [-0.2, -0.15) is 0 Å². The Bertz CT molecular complexity index is 268. The Hall–Kier alpha value is -0.370. The van der Waals surface area contributed by atoms with Gasteiger partial charge in [-0.3, -0.25) is 4.79 Å². The minimum absolute atomic E-state index is 0.156. The molecule has 6 heteroatoms. The molecule has 0 aliphatic heterocycles. The monoisotopic (exact) mass is 342 g/mol. The van der Waals surface area contributed by atoms with Crippen LogP contribution in [-0.2, 0) is 14.3 Å². The zero-order valence-electron chi connectivity index (χ0n) is 9.02. The Morgan fingerprint density at radius 2 is 2.12 bits per heavy atom. The number of ether oxygens (including phenoxy) is 2. The predicted molar refractivity (Wildman–Crippen MR) is 64.3 cm³/mol. The van der Waals surface area contributed by atoms with E-state index in [9.17, 15) is 14.7 Å². The number of carbonyl (C=O) groups excluding carboxylic acids is 2. The van der Waals surface area contributed by atoms with Crippen LogP contribution in [0.15, 0.2) is 0 Å². The van der Waals surface area contributed by atoms with E-state index in [0.717, 1.165) is 6.42 Å². The molecule has 0 aromatic rings. The molecule has 0 amide bonds. The van der Waals surface area contributed by atoms with Crippen LogP contribution < -0.4 is 0 Å². The second-order valence-corrected chi connectivity index (χ2v) is 4.82. The van der Waals surface area contributed by atoms with E-state index in [0.29, 0.717) is 19.4 Å². The van der Waals surface area contributed by atoms with E-state index in [-0.39, 0.29) is 11.9 Å². The lowest BCUT2D eigenvalue weighted by Gasteiger charge is -2.31. The lowest BCUT2D eigenvalue weighted by molar-refractivity contribution is -0.143. The van der Waals surface area contributed by atoms with Crippen molar-refractivity contribution >= 4 is 32.5 Å². The molecule has 0 aromatic heterocycles. The normalized spacial score (nSPS) is 29.6. The van der Waals surface area contributed by atoms with Gasteiger partial charge < -0.3 is 14.6 Å². The zero-order chi connectivity index (χ0) is 12.1. The first kappa shape index (κ1) is 13.7. The van der Waals surface area contributed by atoms with Gasteiger partial charge in [0, 0.05) is 6.92 Å². The van der Waals surface area contributed by atoms with Gasteiger partial charge in [-0.05, 0) is 25.2 Å². The third-order valence-corrected chi connectivity index (χ3v) is 2.88. The van der Waals surface area contributed by atoms with Crippen LogP contribution in [-0.4, -0.2) is 33.9 Å². The van der Waals surface area contributed by atoms with Crippen LogP contribution in [0.5, 0.6) is 0 Å². The maximum atomic E-state index is 10.7. The molecule has 1 saturated carbocycles. The van der Waals surface area contributed by atoms with Crippen molar-refractivity contribution in [3.8, 4) is 0 Å². The summed E-state index contributed by atoms with van der Waals surface area (Å²) in [5, 5.41) is 9.73. The number of rotatable bonds is 3. The minimum Gasteiger partial charge on any atom is -0.466 e. The Morgan fingerprint density at radius 3 is 2.62 bits per heavy atom. The van der Waals surface area contributed by atoms with E-state index in [2.05, 4.69) is 0 Å². The highest BCUT2D eigenvalue weighted by Crippen LogP contribution is 2.27. The van der Waals surface area contributed by atoms with E-state index in [4.69, 9.17) is 9.47 Å². The van der Waals surface area contributed by atoms with Gasteiger partial charge in [-0.25, -0.2) is 4.79 Å². The second-order valence-electron chi connectivity index (χ2n) is 3.94. The van der Waals surface area contributed by atoms with Crippen LogP contribution in [0.2, 0.25) is 0 Å². The number of aliphatic hydroxyl groups excluding tert-OH is 1. The summed E-state index contributed by atoms with van der Waals surface area (Å²) in [6.45, 7) is 1.69. The van der Waals surface area contributed by atoms with Crippen LogP contribution in [0.3, 0.4) is 0 Å². The van der Waals surface area contributed by atoms with Gasteiger partial charge in [0.2, 0.25) is 0 Å². The van der Waals surface area contributed by atoms with Crippen molar-refractivity contribution in [2.45, 2.75) is 38.4 Å². The van der Waals surface area contributed by atoms with Crippen LogP contribution >= 0.6 is 22.6 Å². The number of carbonyl (C=O) groups is 2. The fourth-order valence-electron chi connectivity index (χ4n) is 1.85. The Kier molecular flexibility index (Phi) is 5.47. The average Bonchev–Trinajstić information content (AvgIpc) is 2.18. The average molecular weight is 342 g/mol. The van der Waals surface area contributed by atoms with Crippen molar-refractivity contribution in [1.82, 2.24) is 0 Å². The summed E-state index contributed by atoms with van der Waals surface area (Å²) < 4.78 is 9.45. The number of hydrogen-bond donors (Lipinski definition) is 1. The summed E-state index contributed by atoms with van der Waals surface area (Å²) in [6, 6.07) is 0. The van der Waals surface area contributed by atoms with Crippen LogP contribution in [0.25, 0.3) is 0 Å². The fraction of sp³-hybridized carbons (Fsp3) is 0.800. The smallest absolute Gasteiger partial charge is 0.367 e. The van der Waals surface area contributed by atoms with Crippen LogP contribution in [0.4, 0.5) is 4.79 Å². The third kappa shape index (κ3) is 4.65. The molecular weight excluding hydrogens is 327 g/mol. The summed E-state index contributed by atoms with van der Waals surface area (Å²) >= 11 is 1.54. The molecule has 1 fully saturated rings. The lowest BCUT2D eigenvalue weighted by Crippen LogP contribution is -2.37. The Morgan fingerprint density at radius 1 is 1.44 bits per heavy atom. The third-order valence-electron chi connectivity index (χ3n) is 2.63. The molecule has 92 valence electrons. The van der Waals surface area contributed by atoms with E-state index < -0.39 is 16.2 Å². The number of hydrogen-bond acceptors (Lipinski definition) is 5. The van der Waals surface area contributed by atoms with Crippen molar-refractivity contribution in [3.05, 3.63) is 0 Å². The largest absolute Gasteiger partial charge is 0.466 e. The van der Waals surface area contributed by atoms with E-state index in [1.807, 2.05) is 0 Å². The number of halogens is 1. The topological polar surface area (TPSA) is 72.8 Å². The summed E-state index contributed by atoms with van der Waals surface area (Å²) in [6.07, 6.45) is 0.828. The Balaban J connectivity index is 2.33. The number of esters is 1. The molecule has 0 saturated heterocycles. The quantitative estimate of drug-likeness (QED) is 0.480. The van der Waals surface area contributed by atoms with Gasteiger partial charge in [0.1, 0.15) is 6.10 Å². The first-order chi connectivity index (χ1) is 7.49. The van der Waals surface area contributed by atoms with Gasteiger partial charge in [-0.15, -0.1) is 0 Å². The summed E-state index contributed by atoms with van der Waals surface area (Å²) in [5.74, 6) is -0.154. The van der Waals surface area contributed by atoms with Gasteiger partial charge in [0.15, 0.2) is 0 Å². The molecule has 16 heavy (non-hydrogen) atoms. The molecule has 5 nitrogen and oxygen atoms in total. The van der Waals surface area contributed by atoms with E-state index in [1.165, 1.54) is 6.92 Å². The molecule has 1 aliphatic rings. The van der Waals surface area contributed by atoms with Gasteiger partial charge in [-0.1, -0.05) is 0 Å². The molecule has 3 unspecified atom stereocenters. The van der Waals surface area contributed by atoms with Crippen molar-refractivity contribution in [2.24, 2.45) is 5.92 Å². The number of aliphatic hydroxyl groups is 1. The maximum absolute atomic E-state index is 10.7. The molecule has 0 aromatic carbocycles. The predicted octanol–water partition coefficient (Wildman–Crippen LogP) is 1.65. The van der Waals surface area contributed by atoms with Crippen LogP contribution in [0, 0.1) is 5.92 Å². The van der Waals surface area contributed by atoms with E-state index in [1.54, 1.807) is 22.6 Å². The van der Waals surface area contributed by atoms with Gasteiger partial charge in [0.25, 0.3) is 0 Å². The summed E-state index contributed by atoms with van der Waals surface area (Å²) in [7, 11) is 0. The molecule has 0 spiro atoms. The SMILES string of the molecule is CC(=O)OCC1CCC(OC(=O)I)C(O)C1. The molecule has 0 radical (unpaired) electrons. The molecule has 1 rings (SSSR count). The van der Waals surface area contributed by atoms with Crippen molar-refractivity contribution in [3.63, 3.8) is 0 Å². The minimum atomic E-state index is -0.659. The van der Waals surface area contributed by atoms with Crippen LogP contribution in [0.1, 0.15) is 26.2 Å². The maximum Gasteiger partial charge on any atom is 0.367 e. The zero-order valence-corrected chi connectivity index (χ0v) is 11.2. The molecule has 1 N–H and O–H groups in total.